The quantitative estimate of drug-likeness (QED) is 0.400. The monoisotopic (exact) mass is 455 g/mol. The number of rotatable bonds is 8. The van der Waals surface area contributed by atoms with Crippen molar-refractivity contribution in [1.82, 2.24) is 25.4 Å². The van der Waals surface area contributed by atoms with Gasteiger partial charge in [-0.25, -0.2) is 9.59 Å². The molecule has 0 atom stereocenters. The highest BCUT2D eigenvalue weighted by atomic mass is 32.2. The summed E-state index contributed by atoms with van der Waals surface area (Å²) < 4.78 is 7.18. The topological polar surface area (TPSA) is 98.1 Å². The van der Waals surface area contributed by atoms with Crippen LogP contribution in [0.2, 0.25) is 0 Å². The molecule has 2 amide bonds. The van der Waals surface area contributed by atoms with Crippen molar-refractivity contribution < 1.29 is 14.3 Å². The zero-order valence-electron chi connectivity index (χ0n) is 16.8. The number of hydrogen-bond donors (Lipinski definition) is 2. The third-order valence-electron chi connectivity index (χ3n) is 4.56. The highest BCUT2D eigenvalue weighted by Gasteiger charge is 2.24. The van der Waals surface area contributed by atoms with Gasteiger partial charge < -0.3 is 15.4 Å². The fraction of sp³-hybridized carbons (Fsp3) is 0.238. The van der Waals surface area contributed by atoms with Crippen LogP contribution >= 0.6 is 23.1 Å². The first-order valence-corrected chi connectivity index (χ1v) is 11.6. The summed E-state index contributed by atoms with van der Waals surface area (Å²) in [6.07, 6.45) is 0. The van der Waals surface area contributed by atoms with Crippen LogP contribution in [0, 0.1) is 0 Å². The molecule has 31 heavy (non-hydrogen) atoms. The lowest BCUT2D eigenvalue weighted by molar-refractivity contribution is -0.138. The van der Waals surface area contributed by atoms with E-state index in [-0.39, 0.29) is 19.2 Å². The lowest BCUT2D eigenvalue weighted by Gasteiger charge is -2.21. The largest absolute Gasteiger partial charge is 0.463 e. The molecule has 160 valence electrons. The molecule has 8 nitrogen and oxygen atoms in total. The third kappa shape index (κ3) is 4.97. The van der Waals surface area contributed by atoms with Gasteiger partial charge in [-0.15, -0.1) is 21.5 Å². The molecular weight excluding hydrogens is 434 g/mol. The fourth-order valence-electron chi connectivity index (χ4n) is 3.10. The number of thiophene rings is 1. The van der Waals surface area contributed by atoms with Crippen molar-refractivity contribution in [3.8, 4) is 10.7 Å². The highest BCUT2D eigenvalue weighted by molar-refractivity contribution is 7.99. The molecule has 0 saturated carbocycles. The minimum atomic E-state index is -0.435. The minimum absolute atomic E-state index is 0.137. The van der Waals surface area contributed by atoms with Crippen LogP contribution in [-0.2, 0) is 16.1 Å². The van der Waals surface area contributed by atoms with Gasteiger partial charge >= 0.3 is 12.0 Å². The first-order chi connectivity index (χ1) is 15.2. The first kappa shape index (κ1) is 21.1. The minimum Gasteiger partial charge on any atom is -0.463 e. The number of nitrogens with zero attached hydrogens (tertiary/aromatic N) is 3. The molecule has 2 N–H and O–H groups in total. The second-order valence-corrected chi connectivity index (χ2v) is 8.52. The van der Waals surface area contributed by atoms with Gasteiger partial charge in [0.1, 0.15) is 0 Å². The second-order valence-electron chi connectivity index (χ2n) is 6.63. The Bertz CT molecular complexity index is 1090. The molecule has 0 spiro atoms. The first-order valence-electron chi connectivity index (χ1n) is 9.73. The van der Waals surface area contributed by atoms with Gasteiger partial charge in [-0.1, -0.05) is 48.2 Å². The van der Waals surface area contributed by atoms with Crippen molar-refractivity contribution >= 4 is 35.1 Å². The van der Waals surface area contributed by atoms with Crippen molar-refractivity contribution in [2.45, 2.75) is 18.6 Å². The summed E-state index contributed by atoms with van der Waals surface area (Å²) in [7, 11) is 0. The molecule has 1 aliphatic rings. The van der Waals surface area contributed by atoms with Gasteiger partial charge in [0.25, 0.3) is 0 Å². The second kappa shape index (κ2) is 9.80. The van der Waals surface area contributed by atoms with E-state index < -0.39 is 5.97 Å². The van der Waals surface area contributed by atoms with Crippen molar-refractivity contribution in [2.24, 2.45) is 0 Å². The predicted molar refractivity (Wildman–Crippen MR) is 120 cm³/mol. The number of nitrogens with one attached hydrogen (secondary N) is 2. The highest BCUT2D eigenvalue weighted by Crippen LogP contribution is 2.29. The van der Waals surface area contributed by atoms with Gasteiger partial charge in [0.15, 0.2) is 11.0 Å². The molecule has 10 heteroatoms. The Balaban J connectivity index is 1.62. The van der Waals surface area contributed by atoms with Gasteiger partial charge in [-0.2, -0.15) is 0 Å². The molecule has 1 aromatic carbocycles. The smallest absolute Gasteiger partial charge is 0.337 e. The molecule has 3 aromatic rings. The van der Waals surface area contributed by atoms with Gasteiger partial charge in [-0.3, -0.25) is 4.57 Å². The Morgan fingerprint density at radius 3 is 2.81 bits per heavy atom. The van der Waals surface area contributed by atoms with Crippen LogP contribution in [-0.4, -0.2) is 45.7 Å². The standard InChI is InChI=1S/C21H21N5O3S2/c1-2-29-19(27)15-11-22-20(28)23-16(15)13-31-21-25-24-18(17-9-6-10-30-17)26(21)12-14-7-4-3-5-8-14/h3-10H,2,11-13H2,1H3,(H2,22,23,28). The zero-order chi connectivity index (χ0) is 21.6. The summed E-state index contributed by atoms with van der Waals surface area (Å²) in [5.74, 6) is 0.713. The van der Waals surface area contributed by atoms with E-state index in [4.69, 9.17) is 4.74 Å². The Kier molecular flexibility index (Phi) is 6.68. The number of thioether (sulfide) groups is 1. The number of esters is 1. The number of ether oxygens (including phenoxy) is 1. The number of hydrogen-bond acceptors (Lipinski definition) is 7. The molecule has 0 bridgehead atoms. The lowest BCUT2D eigenvalue weighted by Crippen LogP contribution is -2.44. The van der Waals surface area contributed by atoms with Crippen molar-refractivity contribution in [3.63, 3.8) is 0 Å². The maximum atomic E-state index is 12.3. The molecule has 0 saturated heterocycles. The van der Waals surface area contributed by atoms with Crippen molar-refractivity contribution in [3.05, 3.63) is 64.7 Å². The summed E-state index contributed by atoms with van der Waals surface area (Å²) in [6, 6.07) is 13.7. The maximum Gasteiger partial charge on any atom is 0.337 e. The molecule has 3 heterocycles. The van der Waals surface area contributed by atoms with Gasteiger partial charge in [0.05, 0.1) is 30.1 Å². The summed E-state index contributed by atoms with van der Waals surface area (Å²) >= 11 is 3.02. The average Bonchev–Trinajstić information content (AvgIpc) is 3.43. The number of carbonyl (C=O) groups excluding carboxylic acids is 2. The zero-order valence-corrected chi connectivity index (χ0v) is 18.5. The summed E-state index contributed by atoms with van der Waals surface area (Å²) in [5, 5.41) is 16.9. The summed E-state index contributed by atoms with van der Waals surface area (Å²) in [6.45, 7) is 2.77. The van der Waals surface area contributed by atoms with E-state index in [0.29, 0.717) is 28.7 Å². The molecule has 0 unspecified atom stereocenters. The van der Waals surface area contributed by atoms with Crippen molar-refractivity contribution in [1.29, 1.82) is 0 Å². The molecule has 1 aliphatic heterocycles. The van der Waals surface area contributed by atoms with E-state index >= 15 is 0 Å². The molecular formula is C21H21N5O3S2. The molecule has 0 radical (unpaired) electrons. The van der Waals surface area contributed by atoms with E-state index in [1.165, 1.54) is 11.8 Å². The van der Waals surface area contributed by atoms with Crippen LogP contribution in [0.1, 0.15) is 12.5 Å². The van der Waals surface area contributed by atoms with Gasteiger partial charge in [0.2, 0.25) is 0 Å². The van der Waals surface area contributed by atoms with Crippen LogP contribution < -0.4 is 10.6 Å². The number of urea groups is 1. The normalized spacial score (nSPS) is 13.6. The molecule has 2 aromatic heterocycles. The maximum absolute atomic E-state index is 12.3. The Labute approximate surface area is 187 Å². The third-order valence-corrected chi connectivity index (χ3v) is 6.42. The van der Waals surface area contributed by atoms with E-state index in [2.05, 4.69) is 37.5 Å². The Morgan fingerprint density at radius 1 is 1.23 bits per heavy atom. The number of amides is 2. The number of benzene rings is 1. The fourth-order valence-corrected chi connectivity index (χ4v) is 4.74. The van der Waals surface area contributed by atoms with Crippen LogP contribution in [0.15, 0.2) is 64.3 Å². The lowest BCUT2D eigenvalue weighted by atomic mass is 10.2. The van der Waals surface area contributed by atoms with Crippen LogP contribution in [0.5, 0.6) is 0 Å². The van der Waals surface area contributed by atoms with E-state index in [1.54, 1.807) is 18.3 Å². The number of aromatic nitrogens is 3. The Morgan fingerprint density at radius 2 is 2.06 bits per heavy atom. The van der Waals surface area contributed by atoms with Gasteiger partial charge in [0, 0.05) is 11.4 Å². The van der Waals surface area contributed by atoms with E-state index in [9.17, 15) is 9.59 Å². The molecule has 0 fully saturated rings. The average molecular weight is 456 g/mol. The SMILES string of the molecule is CCOC(=O)C1=C(CSc2nnc(-c3cccs3)n2Cc2ccccc2)NC(=O)NC1. The summed E-state index contributed by atoms with van der Waals surface area (Å²) in [5.41, 5.74) is 2.07. The van der Waals surface area contributed by atoms with Crippen LogP contribution in [0.4, 0.5) is 4.79 Å². The predicted octanol–water partition coefficient (Wildman–Crippen LogP) is 3.28. The number of carbonyl (C=O) groups is 2. The molecule has 0 aliphatic carbocycles. The van der Waals surface area contributed by atoms with Crippen LogP contribution in [0.3, 0.4) is 0 Å². The van der Waals surface area contributed by atoms with E-state index in [1.807, 2.05) is 35.7 Å². The Hall–Kier alpha value is -3.11. The summed E-state index contributed by atoms with van der Waals surface area (Å²) in [4.78, 5) is 25.1. The van der Waals surface area contributed by atoms with Crippen LogP contribution in [0.25, 0.3) is 10.7 Å². The molecule has 4 rings (SSSR count). The van der Waals surface area contributed by atoms with Crippen molar-refractivity contribution in [2.75, 3.05) is 18.9 Å². The van der Waals surface area contributed by atoms with E-state index in [0.717, 1.165) is 16.3 Å². The van der Waals surface area contributed by atoms with Gasteiger partial charge in [-0.05, 0) is 23.9 Å².